The van der Waals surface area contributed by atoms with Crippen LogP contribution in [0.5, 0.6) is 11.5 Å². The van der Waals surface area contributed by atoms with Crippen LogP contribution in [-0.4, -0.2) is 76.6 Å². The Hall–Kier alpha value is -7.78. The van der Waals surface area contributed by atoms with Gasteiger partial charge in [-0.2, -0.15) is 0 Å². The van der Waals surface area contributed by atoms with Crippen molar-refractivity contribution in [1.29, 1.82) is 0 Å². The molecule has 0 bridgehead atoms. The lowest BCUT2D eigenvalue weighted by molar-refractivity contribution is -0.392. The van der Waals surface area contributed by atoms with Crippen molar-refractivity contribution < 1.29 is 48.7 Å². The number of hydrogen-bond acceptors (Lipinski definition) is 16. The Kier molecular flexibility index (Phi) is 9.32. The predicted molar refractivity (Wildman–Crippen MR) is 212 cm³/mol. The zero-order valence-electron chi connectivity index (χ0n) is 32.6. The normalized spacial score (nSPS) is 23.9. The molecule has 1 N–H and O–H groups in total. The first-order chi connectivity index (χ1) is 28.8. The first-order valence-electron chi connectivity index (χ1n) is 18.7. The summed E-state index contributed by atoms with van der Waals surface area (Å²) in [5, 5.41) is 59.2. The van der Waals surface area contributed by atoms with Crippen molar-refractivity contribution in [2.75, 3.05) is 47.8 Å². The van der Waals surface area contributed by atoms with E-state index in [0.29, 0.717) is 32.3 Å². The van der Waals surface area contributed by atoms with Gasteiger partial charge >= 0.3 is 22.7 Å². The third kappa shape index (κ3) is 6.08. The van der Waals surface area contributed by atoms with Crippen molar-refractivity contribution in [2.24, 2.45) is 35.5 Å². The summed E-state index contributed by atoms with van der Waals surface area (Å²) in [5.74, 6) is -9.68. The molecule has 2 aliphatic carbocycles. The van der Waals surface area contributed by atoms with Gasteiger partial charge in [-0.1, -0.05) is 11.6 Å². The highest BCUT2D eigenvalue weighted by molar-refractivity contribution is 6.24. The van der Waals surface area contributed by atoms with Gasteiger partial charge in [-0.15, -0.1) is 0 Å². The average Bonchev–Trinajstić information content (AvgIpc) is 3.61. The second-order valence-corrected chi connectivity index (χ2v) is 15.8. The van der Waals surface area contributed by atoms with Crippen LogP contribution < -0.4 is 24.3 Å². The number of nitro benzene ring substituents is 4. The van der Waals surface area contributed by atoms with E-state index in [1.165, 1.54) is 62.5 Å². The lowest BCUT2D eigenvalue weighted by atomic mass is 9.56. The van der Waals surface area contributed by atoms with Crippen LogP contribution in [0.3, 0.4) is 0 Å². The molecular formula is C39H34N8O14. The number of carbonyl (C=O) groups excluding carboxylic acids is 4. The lowest BCUT2D eigenvalue weighted by Crippen LogP contribution is -2.45. The number of phenolic OH excluding ortho intramolecular Hbond substituents is 1. The fourth-order valence-corrected chi connectivity index (χ4v) is 9.83. The van der Waals surface area contributed by atoms with E-state index in [9.17, 15) is 64.7 Å². The predicted octanol–water partition coefficient (Wildman–Crippen LogP) is 4.55. The Balaban J connectivity index is 1.25. The van der Waals surface area contributed by atoms with Crippen molar-refractivity contribution in [3.8, 4) is 11.5 Å². The minimum Gasteiger partial charge on any atom is -0.508 e. The Bertz CT molecular complexity index is 2570. The molecule has 22 heteroatoms. The number of phenols is 1. The molecule has 22 nitrogen and oxygen atoms in total. The standard InChI is InChI=1S/C39H34N8O14/c1-40(2)34-26(44(53)54)11-19(12-27(34)45(55)56)42-36(49)23-7-6-22-24(32(23)38(42)51)15-25-33(31(22)18-9-17-10-21(48)5-8-30(17)61-16-18)39(52)43(37(25)50)20-13-28(46(57)58)35(41(3)4)29(14-20)47(59)60/h5-6,8,10-14,16,23-25,31-33,48H,7,9,15H2,1-4H3/t23-,24+,25+,31-,32-,33+/m0/s1. The average molecular weight is 839 g/mol. The fraction of sp³-hybridized carbons (Fsp3) is 0.333. The summed E-state index contributed by atoms with van der Waals surface area (Å²) in [5.41, 5.74) is -3.03. The van der Waals surface area contributed by atoms with Crippen LogP contribution in [0.25, 0.3) is 0 Å². The number of amides is 4. The number of benzene rings is 3. The molecule has 3 heterocycles. The molecule has 2 saturated heterocycles. The molecule has 3 fully saturated rings. The van der Waals surface area contributed by atoms with Gasteiger partial charge in [0.25, 0.3) is 0 Å². The van der Waals surface area contributed by atoms with E-state index in [2.05, 4.69) is 0 Å². The second-order valence-electron chi connectivity index (χ2n) is 15.8. The summed E-state index contributed by atoms with van der Waals surface area (Å²) >= 11 is 0. The van der Waals surface area contributed by atoms with Gasteiger partial charge in [0.1, 0.15) is 11.5 Å². The van der Waals surface area contributed by atoms with E-state index < -0.39 is 113 Å². The number of nitro groups is 4. The first kappa shape index (κ1) is 40.0. The van der Waals surface area contributed by atoms with Crippen LogP contribution >= 0.6 is 0 Å². The second kappa shape index (κ2) is 14.2. The maximum absolute atomic E-state index is 14.8. The molecule has 6 atom stereocenters. The number of nitrogens with zero attached hydrogens (tertiary/aromatic N) is 8. The number of anilines is 4. The van der Waals surface area contributed by atoms with Crippen LogP contribution in [0.15, 0.2) is 65.9 Å². The van der Waals surface area contributed by atoms with Crippen LogP contribution in [0.2, 0.25) is 0 Å². The highest BCUT2D eigenvalue weighted by Crippen LogP contribution is 2.59. The van der Waals surface area contributed by atoms with Gasteiger partial charge in [-0.3, -0.25) is 59.6 Å². The number of hydrogen-bond donors (Lipinski definition) is 1. The molecule has 0 radical (unpaired) electrons. The highest BCUT2D eigenvalue weighted by Gasteiger charge is 2.63. The van der Waals surface area contributed by atoms with Gasteiger partial charge < -0.3 is 19.6 Å². The summed E-state index contributed by atoms with van der Waals surface area (Å²) in [6.45, 7) is 0. The van der Waals surface area contributed by atoms with Gasteiger partial charge in [0.15, 0.2) is 11.4 Å². The van der Waals surface area contributed by atoms with E-state index in [4.69, 9.17) is 4.74 Å². The summed E-state index contributed by atoms with van der Waals surface area (Å²) in [4.78, 5) is 107. The van der Waals surface area contributed by atoms with E-state index in [0.717, 1.165) is 24.3 Å². The number of rotatable bonds is 9. The number of fused-ring (bicyclic) bond motifs is 5. The quantitative estimate of drug-likeness (QED) is 0.134. The Morgan fingerprint density at radius 1 is 0.656 bits per heavy atom. The van der Waals surface area contributed by atoms with Gasteiger partial charge in [0.05, 0.1) is 61.0 Å². The molecule has 0 aromatic heterocycles. The molecule has 3 aromatic rings. The Morgan fingerprint density at radius 2 is 1.13 bits per heavy atom. The molecular weight excluding hydrogens is 804 g/mol. The molecule has 3 aromatic carbocycles. The van der Waals surface area contributed by atoms with Crippen molar-refractivity contribution >= 4 is 69.1 Å². The molecule has 3 aliphatic heterocycles. The smallest absolute Gasteiger partial charge is 0.301 e. The van der Waals surface area contributed by atoms with E-state index in [-0.39, 0.29) is 36.4 Å². The summed E-state index contributed by atoms with van der Waals surface area (Å²) < 4.78 is 5.95. The number of aromatic hydroxyl groups is 1. The van der Waals surface area contributed by atoms with Crippen LogP contribution in [0, 0.1) is 76.0 Å². The third-order valence-electron chi connectivity index (χ3n) is 12.1. The lowest BCUT2D eigenvalue weighted by Gasteiger charge is -2.45. The summed E-state index contributed by atoms with van der Waals surface area (Å²) in [6, 6.07) is 8.06. The summed E-state index contributed by atoms with van der Waals surface area (Å²) in [7, 11) is 5.44. The van der Waals surface area contributed by atoms with E-state index in [1.807, 2.05) is 0 Å². The number of carbonyl (C=O) groups is 4. The Morgan fingerprint density at radius 3 is 1.61 bits per heavy atom. The molecule has 0 unspecified atom stereocenters. The van der Waals surface area contributed by atoms with E-state index >= 15 is 0 Å². The Labute approximate surface area is 343 Å². The minimum atomic E-state index is -1.24. The topological polar surface area (TPSA) is 283 Å². The SMILES string of the molecule is CN(C)c1c([N+](=O)[O-])cc(N2C(=O)[C@H]3[C@H](CC=C4[C@H](C5=COc6ccc(O)cc6C5)[C@@H]5C(=O)N(c6cc([N+](=O)[O-])c(N(C)C)c([N+](=O)[O-])c6)C(=O)[C@@H]5C[C@H]43)C2=O)cc1[N+](=O)[O-]. The minimum absolute atomic E-state index is 0.0623. The third-order valence-corrected chi connectivity index (χ3v) is 12.1. The monoisotopic (exact) mass is 838 g/mol. The number of ether oxygens (including phenoxy) is 1. The van der Waals surface area contributed by atoms with Gasteiger partial charge in [-0.25, -0.2) is 9.80 Å². The van der Waals surface area contributed by atoms with Gasteiger partial charge in [0, 0.05) is 70.4 Å². The van der Waals surface area contributed by atoms with Crippen LogP contribution in [-0.2, 0) is 25.6 Å². The van der Waals surface area contributed by atoms with Crippen molar-refractivity contribution in [3.05, 3.63) is 112 Å². The molecule has 4 amide bonds. The van der Waals surface area contributed by atoms with Crippen molar-refractivity contribution in [1.82, 2.24) is 0 Å². The van der Waals surface area contributed by atoms with E-state index in [1.54, 1.807) is 6.08 Å². The number of imide groups is 2. The zero-order valence-corrected chi connectivity index (χ0v) is 32.6. The molecule has 8 rings (SSSR count). The maximum Gasteiger partial charge on any atom is 0.301 e. The zero-order chi connectivity index (χ0) is 44.1. The van der Waals surface area contributed by atoms with Gasteiger partial charge in [0.2, 0.25) is 23.6 Å². The van der Waals surface area contributed by atoms with Crippen molar-refractivity contribution in [2.45, 2.75) is 19.3 Å². The van der Waals surface area contributed by atoms with Crippen LogP contribution in [0.1, 0.15) is 18.4 Å². The molecule has 61 heavy (non-hydrogen) atoms. The molecule has 314 valence electrons. The fourth-order valence-electron chi connectivity index (χ4n) is 9.83. The summed E-state index contributed by atoms with van der Waals surface area (Å²) in [6.07, 6.45) is 2.93. The molecule has 1 saturated carbocycles. The van der Waals surface area contributed by atoms with Crippen LogP contribution in [0.4, 0.5) is 45.5 Å². The maximum atomic E-state index is 14.8. The van der Waals surface area contributed by atoms with Gasteiger partial charge in [-0.05, 0) is 42.5 Å². The molecule has 0 spiro atoms. The number of allylic oxidation sites excluding steroid dienone is 3. The van der Waals surface area contributed by atoms with Crippen molar-refractivity contribution in [3.63, 3.8) is 0 Å². The highest BCUT2D eigenvalue weighted by atomic mass is 16.6. The molecule has 5 aliphatic rings. The first-order valence-corrected chi connectivity index (χ1v) is 18.7. The largest absolute Gasteiger partial charge is 0.508 e.